The van der Waals surface area contributed by atoms with E-state index in [0.29, 0.717) is 24.2 Å². The minimum atomic E-state index is -1.11. The smallest absolute Gasteiger partial charge is 0.329 e. The molecular weight excluding hydrogens is 412 g/mol. The number of carbonyl (C=O) groups excluding carboxylic acids is 3. The van der Waals surface area contributed by atoms with E-state index in [4.69, 9.17) is 4.74 Å². The quantitative estimate of drug-likeness (QED) is 0.702. The molecule has 2 aromatic carbocycles. The number of amides is 2. The van der Waals surface area contributed by atoms with Gasteiger partial charge in [0, 0.05) is 24.2 Å². The van der Waals surface area contributed by atoms with Gasteiger partial charge in [-0.25, -0.2) is 4.79 Å². The maximum atomic E-state index is 13.7. The fraction of sp³-hybridized carbons (Fsp3) is 0.375. The lowest BCUT2D eigenvalue weighted by Crippen LogP contribution is -2.57. The second-order valence-corrected chi connectivity index (χ2v) is 9.25. The van der Waals surface area contributed by atoms with E-state index in [1.807, 2.05) is 49.4 Å². The summed E-state index contributed by atoms with van der Waals surface area (Å²) >= 11 is 1.57. The van der Waals surface area contributed by atoms with Crippen LogP contribution in [0.4, 0.5) is 0 Å². The molecular formula is C24H26N2O4S. The summed E-state index contributed by atoms with van der Waals surface area (Å²) in [6.07, 6.45) is 0.812. The molecule has 2 aliphatic heterocycles. The molecule has 6 nitrogen and oxygen atoms in total. The maximum absolute atomic E-state index is 13.7. The molecule has 0 aliphatic carbocycles. The van der Waals surface area contributed by atoms with E-state index in [0.717, 1.165) is 11.1 Å². The van der Waals surface area contributed by atoms with Crippen molar-refractivity contribution in [2.75, 3.05) is 12.4 Å². The number of benzene rings is 2. The SMILES string of the molecule is CCOC(=O)[C@@H]1CS[C@H]2C[C@@](Cc3ccccc3)(NC(=O)c3ccc(C)cc3)C(=O)N21. The molecule has 0 bridgehead atoms. The standard InChI is InChI=1S/C24H26N2O4S/c1-3-30-22(28)19-15-31-20-14-24(23(29)26(19)20,13-17-7-5-4-6-8-17)25-21(27)18-11-9-16(2)10-12-18/h4-12,19-20H,3,13-15H2,1-2H3,(H,25,27)/t19-,20-,24+/m0/s1. The number of carbonyl (C=O) groups is 3. The summed E-state index contributed by atoms with van der Waals surface area (Å²) in [5, 5.41) is 2.89. The molecule has 2 amide bonds. The van der Waals surface area contributed by atoms with Gasteiger partial charge in [-0.1, -0.05) is 48.0 Å². The van der Waals surface area contributed by atoms with Crippen molar-refractivity contribution < 1.29 is 19.1 Å². The van der Waals surface area contributed by atoms with Gasteiger partial charge in [0.25, 0.3) is 5.91 Å². The Bertz CT molecular complexity index is 979. The van der Waals surface area contributed by atoms with Gasteiger partial charge in [-0.15, -0.1) is 11.8 Å². The van der Waals surface area contributed by atoms with Crippen LogP contribution in [-0.4, -0.2) is 52.0 Å². The van der Waals surface area contributed by atoms with Crippen LogP contribution in [0, 0.1) is 6.92 Å². The van der Waals surface area contributed by atoms with Gasteiger partial charge < -0.3 is 15.0 Å². The Morgan fingerprint density at radius 2 is 1.87 bits per heavy atom. The third-order valence-corrected chi connectivity index (χ3v) is 7.12. The largest absolute Gasteiger partial charge is 0.464 e. The Kier molecular flexibility index (Phi) is 6.05. The van der Waals surface area contributed by atoms with E-state index in [-0.39, 0.29) is 29.8 Å². The minimum absolute atomic E-state index is 0.163. The first-order valence-corrected chi connectivity index (χ1v) is 11.5. The molecule has 2 fully saturated rings. The highest BCUT2D eigenvalue weighted by Crippen LogP contribution is 2.44. The number of thioether (sulfide) groups is 1. The van der Waals surface area contributed by atoms with Crippen molar-refractivity contribution in [3.05, 3.63) is 71.3 Å². The molecule has 31 heavy (non-hydrogen) atoms. The molecule has 0 spiro atoms. The van der Waals surface area contributed by atoms with E-state index in [2.05, 4.69) is 5.32 Å². The van der Waals surface area contributed by atoms with Crippen molar-refractivity contribution in [3.8, 4) is 0 Å². The number of rotatable bonds is 6. The van der Waals surface area contributed by atoms with Crippen LogP contribution in [0.25, 0.3) is 0 Å². The average Bonchev–Trinajstić information content (AvgIpc) is 3.27. The summed E-state index contributed by atoms with van der Waals surface area (Å²) in [5.74, 6) is -0.373. The van der Waals surface area contributed by atoms with Crippen molar-refractivity contribution in [2.24, 2.45) is 0 Å². The van der Waals surface area contributed by atoms with Crippen LogP contribution in [0.3, 0.4) is 0 Å². The summed E-state index contributed by atoms with van der Waals surface area (Å²) in [4.78, 5) is 40.9. The number of ether oxygens (including phenoxy) is 1. The second-order valence-electron chi connectivity index (χ2n) is 8.04. The normalized spacial score (nSPS) is 24.7. The van der Waals surface area contributed by atoms with Gasteiger partial charge in [0.1, 0.15) is 11.6 Å². The lowest BCUT2D eigenvalue weighted by molar-refractivity contribution is -0.153. The van der Waals surface area contributed by atoms with Crippen molar-refractivity contribution >= 4 is 29.5 Å². The first-order valence-electron chi connectivity index (χ1n) is 10.5. The Morgan fingerprint density at radius 1 is 1.16 bits per heavy atom. The van der Waals surface area contributed by atoms with Crippen LogP contribution in [-0.2, 0) is 20.7 Å². The van der Waals surface area contributed by atoms with Crippen molar-refractivity contribution in [2.45, 2.75) is 43.6 Å². The van der Waals surface area contributed by atoms with Gasteiger partial charge in [-0.2, -0.15) is 0 Å². The molecule has 2 aromatic rings. The van der Waals surface area contributed by atoms with Crippen molar-refractivity contribution in [1.29, 1.82) is 0 Å². The van der Waals surface area contributed by atoms with Gasteiger partial charge in [-0.3, -0.25) is 9.59 Å². The topological polar surface area (TPSA) is 75.7 Å². The van der Waals surface area contributed by atoms with Crippen LogP contribution in [0.15, 0.2) is 54.6 Å². The third kappa shape index (κ3) is 4.19. The van der Waals surface area contributed by atoms with E-state index in [9.17, 15) is 14.4 Å². The second kappa shape index (κ2) is 8.75. The van der Waals surface area contributed by atoms with Crippen LogP contribution < -0.4 is 5.32 Å². The van der Waals surface area contributed by atoms with Gasteiger partial charge in [-0.05, 0) is 31.5 Å². The number of hydrogen-bond acceptors (Lipinski definition) is 5. The predicted octanol–water partition coefficient (Wildman–Crippen LogP) is 2.94. The van der Waals surface area contributed by atoms with Crippen LogP contribution in [0.2, 0.25) is 0 Å². The molecule has 2 heterocycles. The number of aryl methyl sites for hydroxylation is 1. The summed E-state index contributed by atoms with van der Waals surface area (Å²) < 4.78 is 5.20. The number of esters is 1. The van der Waals surface area contributed by atoms with E-state index in [1.54, 1.807) is 35.7 Å². The Hall–Kier alpha value is -2.80. The molecule has 3 atom stereocenters. The van der Waals surface area contributed by atoms with Gasteiger partial charge >= 0.3 is 5.97 Å². The highest BCUT2D eigenvalue weighted by molar-refractivity contribution is 8.00. The Morgan fingerprint density at radius 3 is 2.55 bits per heavy atom. The number of hydrogen-bond donors (Lipinski definition) is 1. The first-order chi connectivity index (χ1) is 14.9. The molecule has 7 heteroatoms. The monoisotopic (exact) mass is 438 g/mol. The maximum Gasteiger partial charge on any atom is 0.329 e. The van der Waals surface area contributed by atoms with Gasteiger partial charge in [0.2, 0.25) is 5.91 Å². The fourth-order valence-electron chi connectivity index (χ4n) is 4.28. The summed E-state index contributed by atoms with van der Waals surface area (Å²) in [7, 11) is 0. The molecule has 1 N–H and O–H groups in total. The Balaban J connectivity index is 1.65. The highest BCUT2D eigenvalue weighted by atomic mass is 32.2. The van der Waals surface area contributed by atoms with Gasteiger partial charge in [0.05, 0.1) is 12.0 Å². The van der Waals surface area contributed by atoms with Crippen LogP contribution >= 0.6 is 11.8 Å². The summed E-state index contributed by atoms with van der Waals surface area (Å²) in [5.41, 5.74) is 1.42. The molecule has 0 radical (unpaired) electrons. The molecule has 0 unspecified atom stereocenters. The lowest BCUT2D eigenvalue weighted by Gasteiger charge is -2.30. The van der Waals surface area contributed by atoms with Crippen molar-refractivity contribution in [1.82, 2.24) is 10.2 Å². The number of nitrogens with one attached hydrogen (secondary N) is 1. The number of fused-ring (bicyclic) bond motifs is 1. The van der Waals surface area contributed by atoms with E-state index in [1.165, 1.54) is 0 Å². The molecule has 4 rings (SSSR count). The molecule has 162 valence electrons. The average molecular weight is 439 g/mol. The summed E-state index contributed by atoms with van der Waals surface area (Å²) in [6, 6.07) is 16.3. The third-order valence-electron chi connectivity index (χ3n) is 5.83. The van der Waals surface area contributed by atoms with E-state index >= 15 is 0 Å². The van der Waals surface area contributed by atoms with Gasteiger partial charge in [0.15, 0.2) is 0 Å². The van der Waals surface area contributed by atoms with E-state index < -0.39 is 11.6 Å². The summed E-state index contributed by atoms with van der Waals surface area (Å²) in [6.45, 7) is 3.98. The zero-order chi connectivity index (χ0) is 22.0. The molecule has 2 aliphatic rings. The predicted molar refractivity (Wildman–Crippen MR) is 120 cm³/mol. The lowest BCUT2D eigenvalue weighted by atomic mass is 9.88. The van der Waals surface area contributed by atoms with Crippen LogP contribution in [0.5, 0.6) is 0 Å². The Labute approximate surface area is 186 Å². The molecule has 0 saturated carbocycles. The minimum Gasteiger partial charge on any atom is -0.464 e. The zero-order valence-corrected chi connectivity index (χ0v) is 18.5. The highest BCUT2D eigenvalue weighted by Gasteiger charge is 2.58. The zero-order valence-electron chi connectivity index (χ0n) is 17.7. The molecule has 0 aromatic heterocycles. The molecule has 2 saturated heterocycles. The van der Waals surface area contributed by atoms with Crippen molar-refractivity contribution in [3.63, 3.8) is 0 Å². The van der Waals surface area contributed by atoms with Crippen LogP contribution in [0.1, 0.15) is 34.8 Å². The number of nitrogens with zero attached hydrogens (tertiary/aromatic N) is 1. The fourth-order valence-corrected chi connectivity index (χ4v) is 5.79. The first kappa shape index (κ1) is 21.4.